The summed E-state index contributed by atoms with van der Waals surface area (Å²) < 4.78 is 10.1. The molecule has 0 radical (unpaired) electrons. The first kappa shape index (κ1) is 15.2. The van der Waals surface area contributed by atoms with Crippen LogP contribution >= 0.6 is 0 Å². The molecule has 0 bridgehead atoms. The van der Waals surface area contributed by atoms with Crippen molar-refractivity contribution in [3.63, 3.8) is 0 Å². The minimum absolute atomic E-state index is 0.268. The Bertz CT molecular complexity index is 417. The standard InChI is InChI=1S/C12H20N4O3/c1-18-5-3-16(4-6-19-2)11-7-9(12(14)17)10(13)8-15-11/h7-8H,3-6,13H2,1-2H3,(H2,14,17). The molecule has 19 heavy (non-hydrogen) atoms. The highest BCUT2D eigenvalue weighted by molar-refractivity contribution is 5.98. The highest BCUT2D eigenvalue weighted by Gasteiger charge is 2.12. The number of pyridine rings is 1. The van der Waals surface area contributed by atoms with Gasteiger partial charge in [0.25, 0.3) is 5.91 Å². The fraction of sp³-hybridized carbons (Fsp3) is 0.500. The van der Waals surface area contributed by atoms with Gasteiger partial charge in [-0.05, 0) is 6.07 Å². The van der Waals surface area contributed by atoms with Crippen LogP contribution in [0, 0.1) is 0 Å². The maximum Gasteiger partial charge on any atom is 0.250 e. The molecule has 0 saturated heterocycles. The Kier molecular flexibility index (Phi) is 6.04. The Balaban J connectivity index is 2.93. The minimum Gasteiger partial charge on any atom is -0.397 e. The number of hydrogen-bond acceptors (Lipinski definition) is 6. The van der Waals surface area contributed by atoms with E-state index in [4.69, 9.17) is 20.9 Å². The fourth-order valence-corrected chi connectivity index (χ4v) is 1.59. The van der Waals surface area contributed by atoms with Crippen LogP contribution in [-0.2, 0) is 9.47 Å². The molecule has 0 aliphatic rings. The molecule has 1 rings (SSSR count). The van der Waals surface area contributed by atoms with Gasteiger partial charge in [-0.1, -0.05) is 0 Å². The Labute approximate surface area is 112 Å². The molecule has 0 saturated carbocycles. The number of nitrogens with two attached hydrogens (primary N) is 2. The molecule has 0 fully saturated rings. The Morgan fingerprint density at radius 2 is 1.89 bits per heavy atom. The van der Waals surface area contributed by atoms with Gasteiger partial charge in [0.1, 0.15) is 5.82 Å². The normalized spacial score (nSPS) is 10.4. The van der Waals surface area contributed by atoms with Gasteiger partial charge < -0.3 is 25.8 Å². The number of rotatable bonds is 8. The summed E-state index contributed by atoms with van der Waals surface area (Å²) in [7, 11) is 3.25. The lowest BCUT2D eigenvalue weighted by Gasteiger charge is -2.23. The number of methoxy groups -OCH3 is 2. The summed E-state index contributed by atoms with van der Waals surface area (Å²) in [4.78, 5) is 17.4. The summed E-state index contributed by atoms with van der Waals surface area (Å²) in [5.74, 6) is 0.0525. The third-order valence-corrected chi connectivity index (χ3v) is 2.64. The molecule has 106 valence electrons. The molecule has 1 aromatic heterocycles. The molecule has 7 heteroatoms. The summed E-state index contributed by atoms with van der Waals surface area (Å²) in [6.45, 7) is 2.35. The summed E-state index contributed by atoms with van der Waals surface area (Å²) >= 11 is 0. The topological polar surface area (TPSA) is 104 Å². The highest BCUT2D eigenvalue weighted by atomic mass is 16.5. The monoisotopic (exact) mass is 268 g/mol. The van der Waals surface area contributed by atoms with Crippen LogP contribution < -0.4 is 16.4 Å². The van der Waals surface area contributed by atoms with E-state index in [1.54, 1.807) is 20.3 Å². The van der Waals surface area contributed by atoms with Crippen LogP contribution in [0.5, 0.6) is 0 Å². The van der Waals surface area contributed by atoms with Crippen molar-refractivity contribution in [2.75, 3.05) is 51.2 Å². The zero-order chi connectivity index (χ0) is 14.3. The second-order valence-electron chi connectivity index (χ2n) is 3.97. The molecule has 0 aromatic carbocycles. The number of primary amides is 1. The first-order chi connectivity index (χ1) is 9.10. The fourth-order valence-electron chi connectivity index (χ4n) is 1.59. The number of nitrogen functional groups attached to an aromatic ring is 1. The van der Waals surface area contributed by atoms with Crippen LogP contribution in [0.25, 0.3) is 0 Å². The molecule has 0 spiro atoms. The van der Waals surface area contributed by atoms with E-state index in [0.29, 0.717) is 32.1 Å². The van der Waals surface area contributed by atoms with Crippen molar-refractivity contribution >= 4 is 17.4 Å². The van der Waals surface area contributed by atoms with Gasteiger partial charge in [0.05, 0.1) is 30.7 Å². The van der Waals surface area contributed by atoms with Crippen LogP contribution in [0.2, 0.25) is 0 Å². The minimum atomic E-state index is -0.570. The zero-order valence-corrected chi connectivity index (χ0v) is 11.3. The molecule has 1 aromatic rings. The van der Waals surface area contributed by atoms with Gasteiger partial charge in [-0.25, -0.2) is 4.98 Å². The Morgan fingerprint density at radius 1 is 1.32 bits per heavy atom. The summed E-state index contributed by atoms with van der Waals surface area (Å²) in [5, 5.41) is 0. The second kappa shape index (κ2) is 7.55. The average molecular weight is 268 g/mol. The maximum atomic E-state index is 11.3. The van der Waals surface area contributed by atoms with Crippen LogP contribution in [0.3, 0.4) is 0 Å². The predicted octanol–water partition coefficient (Wildman–Crippen LogP) is -0.138. The number of carbonyl (C=O) groups excluding carboxylic acids is 1. The van der Waals surface area contributed by atoms with E-state index in [-0.39, 0.29) is 11.3 Å². The Hall–Kier alpha value is -1.86. The van der Waals surface area contributed by atoms with Crippen LogP contribution in [-0.4, -0.2) is 51.4 Å². The van der Waals surface area contributed by atoms with E-state index in [0.717, 1.165) is 0 Å². The van der Waals surface area contributed by atoms with E-state index >= 15 is 0 Å². The van der Waals surface area contributed by atoms with Crippen molar-refractivity contribution in [1.29, 1.82) is 0 Å². The number of nitrogens with zero attached hydrogens (tertiary/aromatic N) is 2. The average Bonchev–Trinajstić information content (AvgIpc) is 2.39. The molecule has 1 amide bonds. The molecule has 0 unspecified atom stereocenters. The lowest BCUT2D eigenvalue weighted by molar-refractivity contribution is 0.100. The molecular formula is C12H20N4O3. The van der Waals surface area contributed by atoms with Crippen LogP contribution in [0.15, 0.2) is 12.3 Å². The first-order valence-electron chi connectivity index (χ1n) is 5.88. The van der Waals surface area contributed by atoms with E-state index in [1.165, 1.54) is 6.20 Å². The van der Waals surface area contributed by atoms with Crippen molar-refractivity contribution in [2.24, 2.45) is 5.73 Å². The van der Waals surface area contributed by atoms with Crippen LogP contribution in [0.1, 0.15) is 10.4 Å². The lowest BCUT2D eigenvalue weighted by Crippen LogP contribution is -2.31. The van der Waals surface area contributed by atoms with Gasteiger partial charge in [-0.15, -0.1) is 0 Å². The van der Waals surface area contributed by atoms with Gasteiger partial charge >= 0.3 is 0 Å². The quantitative estimate of drug-likeness (QED) is 0.680. The van der Waals surface area contributed by atoms with Crippen molar-refractivity contribution < 1.29 is 14.3 Å². The number of amides is 1. The van der Waals surface area contributed by atoms with E-state index in [9.17, 15) is 4.79 Å². The zero-order valence-electron chi connectivity index (χ0n) is 11.3. The van der Waals surface area contributed by atoms with Gasteiger partial charge in [-0.3, -0.25) is 4.79 Å². The Morgan fingerprint density at radius 3 is 2.37 bits per heavy atom. The number of carbonyl (C=O) groups is 1. The van der Waals surface area contributed by atoms with Crippen molar-refractivity contribution in [3.8, 4) is 0 Å². The molecule has 4 N–H and O–H groups in total. The smallest absolute Gasteiger partial charge is 0.250 e. The number of anilines is 2. The summed E-state index contributed by atoms with van der Waals surface area (Å²) in [6.07, 6.45) is 1.43. The van der Waals surface area contributed by atoms with E-state index in [2.05, 4.69) is 4.98 Å². The molecule has 0 aliphatic carbocycles. The summed E-state index contributed by atoms with van der Waals surface area (Å²) in [6, 6.07) is 1.59. The molecular weight excluding hydrogens is 248 g/mol. The van der Waals surface area contributed by atoms with Crippen molar-refractivity contribution in [3.05, 3.63) is 17.8 Å². The van der Waals surface area contributed by atoms with Crippen molar-refractivity contribution in [1.82, 2.24) is 4.98 Å². The SMILES string of the molecule is COCCN(CCOC)c1cc(C(N)=O)c(N)cn1. The van der Waals surface area contributed by atoms with E-state index in [1.807, 2.05) is 4.90 Å². The third-order valence-electron chi connectivity index (χ3n) is 2.64. The number of hydrogen-bond donors (Lipinski definition) is 2. The number of ether oxygens (including phenoxy) is 2. The highest BCUT2D eigenvalue weighted by Crippen LogP contribution is 2.17. The van der Waals surface area contributed by atoms with Gasteiger partial charge in [0, 0.05) is 27.3 Å². The predicted molar refractivity (Wildman–Crippen MR) is 73.1 cm³/mol. The largest absolute Gasteiger partial charge is 0.397 e. The number of aromatic nitrogens is 1. The molecule has 0 aliphatic heterocycles. The molecule has 7 nitrogen and oxygen atoms in total. The van der Waals surface area contributed by atoms with Crippen molar-refractivity contribution in [2.45, 2.75) is 0 Å². The first-order valence-corrected chi connectivity index (χ1v) is 5.88. The van der Waals surface area contributed by atoms with E-state index < -0.39 is 5.91 Å². The second-order valence-corrected chi connectivity index (χ2v) is 3.97. The van der Waals surface area contributed by atoms with Crippen LogP contribution in [0.4, 0.5) is 11.5 Å². The maximum absolute atomic E-state index is 11.3. The summed E-state index contributed by atoms with van der Waals surface area (Å²) in [5.41, 5.74) is 11.5. The third kappa shape index (κ3) is 4.38. The van der Waals surface area contributed by atoms with Gasteiger partial charge in [0.2, 0.25) is 0 Å². The molecule has 0 atom stereocenters. The van der Waals surface area contributed by atoms with Gasteiger partial charge in [-0.2, -0.15) is 0 Å². The lowest BCUT2D eigenvalue weighted by atomic mass is 10.2. The molecule has 1 heterocycles. The van der Waals surface area contributed by atoms with Gasteiger partial charge in [0.15, 0.2) is 0 Å².